The number of sulfonamides is 1. The molecular weight excluding hydrogens is 390 g/mol. The van der Waals surface area contributed by atoms with Gasteiger partial charge in [0, 0.05) is 24.8 Å². The highest BCUT2D eigenvalue weighted by Gasteiger charge is 2.31. The molecule has 1 unspecified atom stereocenters. The Morgan fingerprint density at radius 1 is 1.30 bits per heavy atom. The maximum absolute atomic E-state index is 12.6. The Bertz CT molecular complexity index is 908. The molecule has 3 rings (SSSR count). The molecule has 2 saturated heterocycles. The quantitative estimate of drug-likeness (QED) is 0.727. The Morgan fingerprint density at radius 2 is 2.00 bits per heavy atom. The first-order valence-corrected chi connectivity index (χ1v) is 12.2. The third-order valence-electron chi connectivity index (χ3n) is 5.05. The van der Waals surface area contributed by atoms with E-state index >= 15 is 0 Å². The second kappa shape index (κ2) is 7.86. The normalized spacial score (nSPS) is 23.0. The van der Waals surface area contributed by atoms with Gasteiger partial charge < -0.3 is 5.32 Å². The van der Waals surface area contributed by atoms with Crippen LogP contribution in [0.1, 0.15) is 19.3 Å². The van der Waals surface area contributed by atoms with Crippen LogP contribution in [-0.2, 0) is 24.7 Å². The van der Waals surface area contributed by atoms with Crippen molar-refractivity contribution in [1.29, 1.82) is 0 Å². The van der Waals surface area contributed by atoms with E-state index in [9.17, 15) is 21.6 Å². The number of anilines is 1. The number of nitrogens with one attached hydrogen (secondary N) is 1. The molecule has 2 heterocycles. The van der Waals surface area contributed by atoms with Crippen molar-refractivity contribution in [2.45, 2.75) is 30.2 Å². The fraction of sp³-hybridized carbons (Fsp3) is 0.588. The second-order valence-corrected chi connectivity index (χ2v) is 11.3. The van der Waals surface area contributed by atoms with E-state index in [-0.39, 0.29) is 34.9 Å². The van der Waals surface area contributed by atoms with Crippen molar-refractivity contribution in [3.05, 3.63) is 24.3 Å². The number of amides is 1. The zero-order valence-electron chi connectivity index (χ0n) is 15.3. The lowest BCUT2D eigenvalue weighted by Gasteiger charge is -2.22. The molecule has 1 N–H and O–H groups in total. The Balaban J connectivity index is 1.63. The molecule has 1 aromatic carbocycles. The summed E-state index contributed by atoms with van der Waals surface area (Å²) in [5.74, 6) is -0.0853. The molecule has 2 aliphatic rings. The van der Waals surface area contributed by atoms with Crippen LogP contribution < -0.4 is 5.32 Å². The van der Waals surface area contributed by atoms with Gasteiger partial charge in [0.15, 0.2) is 9.84 Å². The fourth-order valence-electron chi connectivity index (χ4n) is 3.49. The van der Waals surface area contributed by atoms with Crippen LogP contribution in [-0.4, -0.2) is 76.2 Å². The van der Waals surface area contributed by atoms with Gasteiger partial charge in [0.1, 0.15) is 0 Å². The van der Waals surface area contributed by atoms with Crippen LogP contribution in [0.2, 0.25) is 0 Å². The molecule has 10 heteroatoms. The predicted octanol–water partition coefficient (Wildman–Crippen LogP) is 0.529. The van der Waals surface area contributed by atoms with Crippen LogP contribution in [0, 0.1) is 0 Å². The lowest BCUT2D eigenvalue weighted by molar-refractivity contribution is -0.117. The molecule has 0 spiro atoms. The molecule has 27 heavy (non-hydrogen) atoms. The number of carbonyl (C=O) groups is 1. The summed E-state index contributed by atoms with van der Waals surface area (Å²) in [5.41, 5.74) is 0.410. The molecule has 0 saturated carbocycles. The molecule has 2 fully saturated rings. The predicted molar refractivity (Wildman–Crippen MR) is 103 cm³/mol. The van der Waals surface area contributed by atoms with E-state index in [1.165, 1.54) is 16.4 Å². The number of rotatable bonds is 6. The molecule has 0 aromatic heterocycles. The van der Waals surface area contributed by atoms with Gasteiger partial charge >= 0.3 is 0 Å². The first-order chi connectivity index (χ1) is 12.7. The summed E-state index contributed by atoms with van der Waals surface area (Å²) in [6.07, 6.45) is 2.24. The smallest absolute Gasteiger partial charge is 0.243 e. The Labute approximate surface area is 160 Å². The van der Waals surface area contributed by atoms with Gasteiger partial charge in [-0.15, -0.1) is 0 Å². The largest absolute Gasteiger partial charge is 0.325 e. The van der Waals surface area contributed by atoms with Crippen molar-refractivity contribution < 1.29 is 21.6 Å². The van der Waals surface area contributed by atoms with Gasteiger partial charge in [0.25, 0.3) is 0 Å². The minimum Gasteiger partial charge on any atom is -0.325 e. The van der Waals surface area contributed by atoms with E-state index in [0.29, 0.717) is 25.2 Å². The zero-order valence-corrected chi connectivity index (χ0v) is 16.9. The highest BCUT2D eigenvalue weighted by molar-refractivity contribution is 7.91. The van der Waals surface area contributed by atoms with Crippen molar-refractivity contribution in [2.24, 2.45) is 0 Å². The number of nitrogens with zero attached hydrogens (tertiary/aromatic N) is 2. The van der Waals surface area contributed by atoms with Crippen LogP contribution in [0.4, 0.5) is 5.69 Å². The van der Waals surface area contributed by atoms with E-state index in [4.69, 9.17) is 0 Å². The summed E-state index contributed by atoms with van der Waals surface area (Å²) < 4.78 is 49.9. The molecule has 0 bridgehead atoms. The van der Waals surface area contributed by atoms with E-state index in [1.54, 1.807) is 24.1 Å². The lowest BCUT2D eigenvalue weighted by atomic mass is 10.2. The van der Waals surface area contributed by atoms with E-state index in [2.05, 4.69) is 5.32 Å². The van der Waals surface area contributed by atoms with Crippen molar-refractivity contribution in [3.8, 4) is 0 Å². The molecule has 2 aliphatic heterocycles. The van der Waals surface area contributed by atoms with Gasteiger partial charge in [-0.1, -0.05) is 6.07 Å². The molecular formula is C17H25N3O5S2. The topological polar surface area (TPSA) is 104 Å². The van der Waals surface area contributed by atoms with Crippen molar-refractivity contribution in [2.75, 3.05) is 43.5 Å². The minimum atomic E-state index is -3.54. The van der Waals surface area contributed by atoms with Gasteiger partial charge in [-0.05, 0) is 44.5 Å². The van der Waals surface area contributed by atoms with Crippen molar-refractivity contribution >= 4 is 31.5 Å². The average molecular weight is 416 g/mol. The third kappa shape index (κ3) is 4.87. The first-order valence-electron chi connectivity index (χ1n) is 8.98. The number of benzene rings is 1. The Morgan fingerprint density at radius 3 is 2.63 bits per heavy atom. The second-order valence-electron chi connectivity index (χ2n) is 7.16. The first kappa shape index (κ1) is 20.2. The summed E-state index contributed by atoms with van der Waals surface area (Å²) in [4.78, 5) is 14.2. The van der Waals surface area contributed by atoms with Crippen LogP contribution in [0.15, 0.2) is 29.2 Å². The molecule has 1 aromatic rings. The monoisotopic (exact) mass is 415 g/mol. The van der Waals surface area contributed by atoms with Crippen LogP contribution >= 0.6 is 0 Å². The van der Waals surface area contributed by atoms with Gasteiger partial charge in [0.05, 0.1) is 22.9 Å². The van der Waals surface area contributed by atoms with Gasteiger partial charge in [-0.2, -0.15) is 4.31 Å². The maximum Gasteiger partial charge on any atom is 0.243 e. The van der Waals surface area contributed by atoms with Gasteiger partial charge in [-0.3, -0.25) is 9.69 Å². The molecule has 0 aliphatic carbocycles. The van der Waals surface area contributed by atoms with E-state index in [1.807, 2.05) is 0 Å². The lowest BCUT2D eigenvalue weighted by Crippen LogP contribution is -2.38. The summed E-state index contributed by atoms with van der Waals surface area (Å²) in [6.45, 7) is 1.09. The number of carbonyl (C=O) groups excluding carboxylic acids is 1. The number of sulfone groups is 1. The minimum absolute atomic E-state index is 0.0449. The zero-order chi connectivity index (χ0) is 19.7. The fourth-order valence-corrected chi connectivity index (χ4v) is 6.86. The highest BCUT2D eigenvalue weighted by atomic mass is 32.2. The third-order valence-corrected chi connectivity index (χ3v) is 8.69. The number of hydrogen-bond acceptors (Lipinski definition) is 6. The standard InChI is InChI=1S/C17H25N3O5S2/c1-19(15-7-10-26(22,23)13-15)12-17(21)18-14-5-4-6-16(11-14)27(24,25)20-8-2-3-9-20/h4-6,11,15H,2-3,7-10,12-13H2,1H3,(H,18,21). The summed E-state index contributed by atoms with van der Waals surface area (Å²) >= 11 is 0. The highest BCUT2D eigenvalue weighted by Crippen LogP contribution is 2.23. The van der Waals surface area contributed by atoms with Gasteiger partial charge in [0.2, 0.25) is 15.9 Å². The van der Waals surface area contributed by atoms with Crippen molar-refractivity contribution in [1.82, 2.24) is 9.21 Å². The van der Waals surface area contributed by atoms with E-state index in [0.717, 1.165) is 12.8 Å². The molecule has 0 radical (unpaired) electrons. The summed E-state index contributed by atoms with van der Waals surface area (Å²) in [5, 5.41) is 2.71. The van der Waals surface area contributed by atoms with Gasteiger partial charge in [-0.25, -0.2) is 16.8 Å². The average Bonchev–Trinajstić information content (AvgIpc) is 3.24. The van der Waals surface area contributed by atoms with Crippen LogP contribution in [0.5, 0.6) is 0 Å². The molecule has 8 nitrogen and oxygen atoms in total. The van der Waals surface area contributed by atoms with Crippen LogP contribution in [0.25, 0.3) is 0 Å². The molecule has 150 valence electrons. The number of hydrogen-bond donors (Lipinski definition) is 1. The molecule has 1 atom stereocenters. The number of likely N-dealkylation sites (N-methyl/N-ethyl adjacent to an activating group) is 1. The molecule has 1 amide bonds. The van der Waals surface area contributed by atoms with E-state index < -0.39 is 19.9 Å². The van der Waals surface area contributed by atoms with Crippen LogP contribution in [0.3, 0.4) is 0 Å². The maximum atomic E-state index is 12.6. The Hall–Kier alpha value is -1.49. The van der Waals surface area contributed by atoms with Crippen molar-refractivity contribution in [3.63, 3.8) is 0 Å². The summed E-state index contributed by atoms with van der Waals surface area (Å²) in [7, 11) is -4.83. The summed E-state index contributed by atoms with van der Waals surface area (Å²) in [6, 6.07) is 6.07. The SMILES string of the molecule is CN(CC(=O)Nc1cccc(S(=O)(=O)N2CCCC2)c1)C1CCS(=O)(=O)C1. The Kier molecular flexibility index (Phi) is 5.90.